The fourth-order valence-corrected chi connectivity index (χ4v) is 0.448. The van der Waals surface area contributed by atoms with Crippen molar-refractivity contribution in [2.24, 2.45) is 0 Å². The SMILES string of the molecule is O=c1cccnn1Cl. The van der Waals surface area contributed by atoms with E-state index in [1.165, 1.54) is 18.3 Å². The highest BCUT2D eigenvalue weighted by molar-refractivity contribution is 6.14. The maximum absolute atomic E-state index is 10.4. The zero-order valence-electron chi connectivity index (χ0n) is 3.91. The molecule has 1 aromatic heterocycles. The Labute approximate surface area is 50.6 Å². The summed E-state index contributed by atoms with van der Waals surface area (Å²) in [5.74, 6) is 0. The van der Waals surface area contributed by atoms with Crippen molar-refractivity contribution in [1.82, 2.24) is 9.30 Å². The summed E-state index contributed by atoms with van der Waals surface area (Å²) in [6, 6.07) is 2.86. The molecule has 0 N–H and O–H groups in total. The van der Waals surface area contributed by atoms with Gasteiger partial charge in [0, 0.05) is 24.0 Å². The van der Waals surface area contributed by atoms with Gasteiger partial charge in [-0.3, -0.25) is 4.79 Å². The maximum Gasteiger partial charge on any atom is 0.282 e. The van der Waals surface area contributed by atoms with Crippen LogP contribution in [0.5, 0.6) is 0 Å². The highest BCUT2D eigenvalue weighted by Gasteiger charge is 1.83. The number of hydrogen-bond acceptors (Lipinski definition) is 2. The van der Waals surface area contributed by atoms with E-state index in [0.29, 0.717) is 0 Å². The molecule has 0 saturated carbocycles. The fraction of sp³-hybridized carbons (Fsp3) is 0. The minimum Gasteiger partial charge on any atom is -0.266 e. The van der Waals surface area contributed by atoms with Crippen molar-refractivity contribution >= 4 is 11.8 Å². The van der Waals surface area contributed by atoms with Gasteiger partial charge in [-0.15, -0.1) is 4.20 Å². The summed E-state index contributed by atoms with van der Waals surface area (Å²) in [6.45, 7) is 0. The zero-order chi connectivity index (χ0) is 5.98. The Morgan fingerprint density at radius 1 is 1.75 bits per heavy atom. The predicted molar refractivity (Wildman–Crippen MR) is 29.7 cm³/mol. The molecule has 0 radical (unpaired) electrons. The molecule has 1 heterocycles. The van der Waals surface area contributed by atoms with E-state index < -0.39 is 0 Å². The standard InChI is InChI=1S/C4H3ClN2O/c5-7-4(8)2-1-3-6-7/h1-3H. The molecule has 8 heavy (non-hydrogen) atoms. The third kappa shape index (κ3) is 0.869. The van der Waals surface area contributed by atoms with Gasteiger partial charge in [0.05, 0.1) is 0 Å². The van der Waals surface area contributed by atoms with E-state index in [9.17, 15) is 4.79 Å². The number of aromatic nitrogens is 2. The Morgan fingerprint density at radius 2 is 2.50 bits per heavy atom. The summed E-state index contributed by atoms with van der Waals surface area (Å²) in [5, 5.41) is 3.45. The minimum atomic E-state index is -0.311. The molecule has 1 aromatic rings. The topological polar surface area (TPSA) is 34.9 Å². The van der Waals surface area contributed by atoms with Crippen LogP contribution in [0, 0.1) is 0 Å². The van der Waals surface area contributed by atoms with E-state index in [4.69, 9.17) is 11.8 Å². The van der Waals surface area contributed by atoms with Gasteiger partial charge >= 0.3 is 0 Å². The van der Waals surface area contributed by atoms with Gasteiger partial charge in [-0.05, 0) is 6.07 Å². The van der Waals surface area contributed by atoms with Gasteiger partial charge in [0.1, 0.15) is 0 Å². The molecule has 42 valence electrons. The van der Waals surface area contributed by atoms with E-state index >= 15 is 0 Å². The van der Waals surface area contributed by atoms with E-state index in [2.05, 4.69) is 5.10 Å². The molecule has 0 unspecified atom stereocenters. The second-order valence-corrected chi connectivity index (χ2v) is 1.54. The molecule has 0 saturated heterocycles. The Kier molecular flexibility index (Phi) is 1.30. The normalized spacial score (nSPS) is 9.12. The van der Waals surface area contributed by atoms with Gasteiger partial charge in [-0.25, -0.2) is 0 Å². The zero-order valence-corrected chi connectivity index (χ0v) is 4.67. The molecule has 1 rings (SSSR count). The number of rotatable bonds is 0. The van der Waals surface area contributed by atoms with Gasteiger partial charge in [-0.1, -0.05) is 0 Å². The minimum absolute atomic E-state index is 0.311. The van der Waals surface area contributed by atoms with Crippen molar-refractivity contribution in [3.63, 3.8) is 0 Å². The molecule has 4 heteroatoms. The van der Waals surface area contributed by atoms with Crippen LogP contribution in [0.25, 0.3) is 0 Å². The lowest BCUT2D eigenvalue weighted by atomic mass is 10.6. The molecule has 0 amide bonds. The van der Waals surface area contributed by atoms with Crippen molar-refractivity contribution < 1.29 is 0 Å². The molecule has 0 bridgehead atoms. The van der Waals surface area contributed by atoms with Crippen LogP contribution < -0.4 is 5.56 Å². The molecular formula is C4H3ClN2O. The summed E-state index contributed by atoms with van der Waals surface area (Å²) in [7, 11) is 0. The molecule has 0 aliphatic heterocycles. The largest absolute Gasteiger partial charge is 0.282 e. The van der Waals surface area contributed by atoms with Gasteiger partial charge in [0.15, 0.2) is 0 Å². The number of halogens is 1. The van der Waals surface area contributed by atoms with Crippen molar-refractivity contribution in [3.8, 4) is 0 Å². The van der Waals surface area contributed by atoms with E-state index in [1.54, 1.807) is 0 Å². The Hall–Kier alpha value is -0.830. The van der Waals surface area contributed by atoms with Crippen LogP contribution in [-0.4, -0.2) is 9.30 Å². The van der Waals surface area contributed by atoms with Gasteiger partial charge in [0.25, 0.3) is 5.56 Å². The summed E-state index contributed by atoms with van der Waals surface area (Å²) in [5.41, 5.74) is -0.311. The first kappa shape index (κ1) is 5.31. The number of hydrogen-bond donors (Lipinski definition) is 0. The highest BCUT2D eigenvalue weighted by Crippen LogP contribution is 1.74. The van der Waals surface area contributed by atoms with Crippen molar-refractivity contribution in [3.05, 3.63) is 28.7 Å². The molecule has 0 atom stereocenters. The van der Waals surface area contributed by atoms with Crippen molar-refractivity contribution in [2.75, 3.05) is 0 Å². The lowest BCUT2D eigenvalue weighted by molar-refractivity contribution is 0.903. The molecule has 0 aliphatic rings. The summed E-state index contributed by atoms with van der Waals surface area (Å²) < 4.78 is 0.750. The smallest absolute Gasteiger partial charge is 0.266 e. The van der Waals surface area contributed by atoms with Crippen LogP contribution in [0.3, 0.4) is 0 Å². The van der Waals surface area contributed by atoms with Crippen LogP contribution in [-0.2, 0) is 0 Å². The monoisotopic (exact) mass is 130 g/mol. The quantitative estimate of drug-likeness (QED) is 0.505. The predicted octanol–water partition coefficient (Wildman–Crippen LogP) is 0.245. The Bertz CT molecular complexity index is 231. The lowest BCUT2D eigenvalue weighted by Crippen LogP contribution is -2.11. The molecular weight excluding hydrogens is 128 g/mol. The molecule has 0 spiro atoms. The van der Waals surface area contributed by atoms with Gasteiger partial charge in [-0.2, -0.15) is 5.10 Å². The Morgan fingerprint density at radius 3 is 2.88 bits per heavy atom. The van der Waals surface area contributed by atoms with Gasteiger partial charge < -0.3 is 0 Å². The van der Waals surface area contributed by atoms with Gasteiger partial charge in [0.2, 0.25) is 0 Å². The second-order valence-electron chi connectivity index (χ2n) is 1.22. The molecule has 0 fully saturated rings. The van der Waals surface area contributed by atoms with E-state index in [1.807, 2.05) is 0 Å². The average molecular weight is 131 g/mol. The first-order valence-corrected chi connectivity index (χ1v) is 2.35. The van der Waals surface area contributed by atoms with Crippen molar-refractivity contribution in [2.45, 2.75) is 0 Å². The first-order valence-electron chi connectivity index (χ1n) is 2.01. The fourth-order valence-electron chi connectivity index (χ4n) is 0.341. The third-order valence-electron chi connectivity index (χ3n) is 0.675. The van der Waals surface area contributed by atoms with E-state index in [0.717, 1.165) is 4.20 Å². The van der Waals surface area contributed by atoms with E-state index in [-0.39, 0.29) is 5.56 Å². The molecule has 3 nitrogen and oxygen atoms in total. The maximum atomic E-state index is 10.4. The van der Waals surface area contributed by atoms with Crippen LogP contribution in [0.1, 0.15) is 0 Å². The first-order chi connectivity index (χ1) is 3.80. The molecule has 0 aromatic carbocycles. The number of nitrogens with zero attached hydrogens (tertiary/aromatic N) is 2. The van der Waals surface area contributed by atoms with Crippen LogP contribution in [0.15, 0.2) is 23.1 Å². The van der Waals surface area contributed by atoms with Crippen LogP contribution in [0.4, 0.5) is 0 Å². The molecule has 0 aliphatic carbocycles. The second kappa shape index (κ2) is 1.96. The average Bonchev–Trinajstić information content (AvgIpc) is 1.77. The lowest BCUT2D eigenvalue weighted by Gasteiger charge is -1.83. The van der Waals surface area contributed by atoms with Crippen LogP contribution >= 0.6 is 11.8 Å². The summed E-state index contributed by atoms with van der Waals surface area (Å²) in [6.07, 6.45) is 1.44. The third-order valence-corrected chi connectivity index (χ3v) is 0.929. The highest BCUT2D eigenvalue weighted by atomic mass is 35.5. The van der Waals surface area contributed by atoms with Crippen molar-refractivity contribution in [1.29, 1.82) is 0 Å². The summed E-state index contributed by atoms with van der Waals surface area (Å²) in [4.78, 5) is 10.4. The van der Waals surface area contributed by atoms with Crippen LogP contribution in [0.2, 0.25) is 0 Å². The summed E-state index contributed by atoms with van der Waals surface area (Å²) >= 11 is 5.20. The Balaban J connectivity index is 3.35.